The Balaban J connectivity index is 1.51. The van der Waals surface area contributed by atoms with E-state index in [1.54, 1.807) is 0 Å². The lowest BCUT2D eigenvalue weighted by atomic mass is 9.95. The Morgan fingerprint density at radius 3 is 2.43 bits per heavy atom. The summed E-state index contributed by atoms with van der Waals surface area (Å²) in [5.41, 5.74) is 0. The van der Waals surface area contributed by atoms with Crippen LogP contribution in [-0.4, -0.2) is 85.5 Å². The molecule has 2 saturated heterocycles. The van der Waals surface area contributed by atoms with Gasteiger partial charge in [-0.15, -0.1) is 0 Å². The first-order chi connectivity index (χ1) is 14.7. The van der Waals surface area contributed by atoms with Crippen molar-refractivity contribution in [3.8, 4) is 0 Å². The van der Waals surface area contributed by atoms with Gasteiger partial charge in [-0.2, -0.15) is 0 Å². The summed E-state index contributed by atoms with van der Waals surface area (Å²) in [5, 5.41) is 0. The van der Waals surface area contributed by atoms with Crippen LogP contribution in [0, 0.1) is 5.92 Å². The zero-order valence-corrected chi connectivity index (χ0v) is 19.2. The van der Waals surface area contributed by atoms with Crippen molar-refractivity contribution in [2.75, 3.05) is 52.9 Å². The van der Waals surface area contributed by atoms with Gasteiger partial charge in [0.05, 0.1) is 7.11 Å². The summed E-state index contributed by atoms with van der Waals surface area (Å²) in [6.07, 6.45) is 13.3. The number of carbonyl (C=O) groups is 2. The Bertz CT molecular complexity index is 530. The zero-order valence-electron chi connectivity index (χ0n) is 19.2. The number of esters is 1. The van der Waals surface area contributed by atoms with E-state index in [4.69, 9.17) is 4.74 Å². The highest BCUT2D eigenvalue weighted by Gasteiger charge is 2.29. The molecule has 6 nitrogen and oxygen atoms in total. The summed E-state index contributed by atoms with van der Waals surface area (Å²) in [4.78, 5) is 31.8. The average Bonchev–Trinajstić information content (AvgIpc) is 3.32. The molecule has 2 aliphatic heterocycles. The number of amides is 1. The first-order valence-corrected chi connectivity index (χ1v) is 12.5. The van der Waals surface area contributed by atoms with Crippen LogP contribution >= 0.6 is 0 Å². The van der Waals surface area contributed by atoms with Gasteiger partial charge in [-0.05, 0) is 70.5 Å². The highest BCUT2D eigenvalue weighted by atomic mass is 16.5. The molecule has 1 amide bonds. The fourth-order valence-electron chi connectivity index (χ4n) is 5.57. The van der Waals surface area contributed by atoms with E-state index >= 15 is 0 Å². The molecule has 0 bridgehead atoms. The topological polar surface area (TPSA) is 53.1 Å². The number of likely N-dealkylation sites (tertiary alicyclic amines) is 2. The van der Waals surface area contributed by atoms with Gasteiger partial charge in [-0.25, -0.2) is 0 Å². The molecule has 3 fully saturated rings. The van der Waals surface area contributed by atoms with Crippen molar-refractivity contribution >= 4 is 11.9 Å². The lowest BCUT2D eigenvalue weighted by Crippen LogP contribution is -2.47. The third-order valence-electron chi connectivity index (χ3n) is 7.36. The third kappa shape index (κ3) is 7.52. The van der Waals surface area contributed by atoms with Crippen LogP contribution < -0.4 is 0 Å². The van der Waals surface area contributed by atoms with Crippen molar-refractivity contribution in [3.05, 3.63) is 0 Å². The maximum Gasteiger partial charge on any atom is 0.305 e. The molecular weight excluding hydrogens is 378 g/mol. The molecule has 1 aliphatic carbocycles. The van der Waals surface area contributed by atoms with Crippen LogP contribution in [0.1, 0.15) is 77.0 Å². The minimum atomic E-state index is -0.220. The number of hydrogen-bond donors (Lipinski definition) is 0. The van der Waals surface area contributed by atoms with Gasteiger partial charge in [0.2, 0.25) is 5.91 Å². The van der Waals surface area contributed by atoms with Gasteiger partial charge in [0.15, 0.2) is 0 Å². The molecule has 0 radical (unpaired) electrons. The van der Waals surface area contributed by atoms with Gasteiger partial charge < -0.3 is 19.4 Å². The van der Waals surface area contributed by atoms with E-state index in [0.717, 1.165) is 32.2 Å². The van der Waals surface area contributed by atoms with Crippen LogP contribution in [0.2, 0.25) is 0 Å². The largest absolute Gasteiger partial charge is 0.469 e. The molecule has 0 aromatic carbocycles. The zero-order chi connectivity index (χ0) is 21.2. The van der Waals surface area contributed by atoms with E-state index in [2.05, 4.69) is 14.7 Å². The van der Waals surface area contributed by atoms with E-state index in [-0.39, 0.29) is 11.9 Å². The van der Waals surface area contributed by atoms with Crippen molar-refractivity contribution in [1.82, 2.24) is 14.7 Å². The molecular formula is C24H43N3O3. The maximum absolute atomic E-state index is 13.0. The molecule has 0 spiro atoms. The molecule has 0 unspecified atom stereocenters. The van der Waals surface area contributed by atoms with Crippen LogP contribution in [0.5, 0.6) is 0 Å². The third-order valence-corrected chi connectivity index (χ3v) is 7.36. The second kappa shape index (κ2) is 12.7. The van der Waals surface area contributed by atoms with E-state index in [1.807, 2.05) is 0 Å². The number of methoxy groups -OCH3 is 1. The lowest BCUT2D eigenvalue weighted by Gasteiger charge is -2.39. The van der Waals surface area contributed by atoms with Gasteiger partial charge in [0, 0.05) is 45.1 Å². The quantitative estimate of drug-likeness (QED) is 0.507. The molecule has 30 heavy (non-hydrogen) atoms. The van der Waals surface area contributed by atoms with E-state index in [0.29, 0.717) is 25.2 Å². The Labute approximate surface area is 183 Å². The van der Waals surface area contributed by atoms with Crippen LogP contribution in [0.25, 0.3) is 0 Å². The summed E-state index contributed by atoms with van der Waals surface area (Å²) in [7, 11) is 1.41. The van der Waals surface area contributed by atoms with Crippen LogP contribution in [0.4, 0.5) is 0 Å². The van der Waals surface area contributed by atoms with Crippen molar-refractivity contribution in [2.24, 2.45) is 5.92 Å². The highest BCUT2D eigenvalue weighted by Crippen LogP contribution is 2.28. The molecule has 1 atom stereocenters. The number of hydrogen-bond acceptors (Lipinski definition) is 5. The highest BCUT2D eigenvalue weighted by molar-refractivity contribution is 5.77. The summed E-state index contributed by atoms with van der Waals surface area (Å²) in [5.74, 6) is 0.585. The van der Waals surface area contributed by atoms with Gasteiger partial charge in [-0.3, -0.25) is 9.59 Å². The number of piperidine rings is 2. The van der Waals surface area contributed by atoms with Gasteiger partial charge >= 0.3 is 5.97 Å². The first-order valence-electron chi connectivity index (χ1n) is 12.5. The summed E-state index contributed by atoms with van der Waals surface area (Å²) < 4.78 is 4.73. The standard InChI is InChI=1S/C24H43N3O3/c1-30-24(29)13-7-12-23(28)27(18-17-25-14-5-2-6-15-25)20-21-9-8-16-26(19-21)22-10-3-4-11-22/h21-22H,2-20H2,1H3/t21-/m1/s1. The number of rotatable bonds is 10. The monoisotopic (exact) mass is 421 g/mol. The summed E-state index contributed by atoms with van der Waals surface area (Å²) in [6, 6.07) is 0.783. The first kappa shape index (κ1) is 23.5. The van der Waals surface area contributed by atoms with Crippen LogP contribution in [0.3, 0.4) is 0 Å². The molecule has 2 heterocycles. The van der Waals surface area contributed by atoms with Crippen molar-refractivity contribution in [1.29, 1.82) is 0 Å². The molecule has 172 valence electrons. The van der Waals surface area contributed by atoms with Crippen molar-refractivity contribution < 1.29 is 14.3 Å². The minimum absolute atomic E-state index is 0.217. The maximum atomic E-state index is 13.0. The molecule has 6 heteroatoms. The molecule has 0 aromatic heterocycles. The number of carbonyl (C=O) groups excluding carboxylic acids is 2. The predicted octanol–water partition coefficient (Wildman–Crippen LogP) is 3.30. The average molecular weight is 422 g/mol. The minimum Gasteiger partial charge on any atom is -0.469 e. The van der Waals surface area contributed by atoms with E-state index in [9.17, 15) is 9.59 Å². The summed E-state index contributed by atoms with van der Waals surface area (Å²) in [6.45, 7) is 7.43. The van der Waals surface area contributed by atoms with Crippen LogP contribution in [0.15, 0.2) is 0 Å². The van der Waals surface area contributed by atoms with Crippen molar-refractivity contribution in [2.45, 2.75) is 83.1 Å². The van der Waals surface area contributed by atoms with Crippen LogP contribution in [-0.2, 0) is 14.3 Å². The molecule has 3 aliphatic rings. The molecule has 3 rings (SSSR count). The Morgan fingerprint density at radius 1 is 0.933 bits per heavy atom. The molecule has 0 aromatic rings. The second-order valence-electron chi connectivity index (χ2n) is 9.61. The Kier molecular flexibility index (Phi) is 9.92. The van der Waals surface area contributed by atoms with Gasteiger partial charge in [-0.1, -0.05) is 19.3 Å². The van der Waals surface area contributed by atoms with Gasteiger partial charge in [0.1, 0.15) is 0 Å². The Hall–Kier alpha value is -1.14. The second-order valence-corrected chi connectivity index (χ2v) is 9.61. The molecule has 1 saturated carbocycles. The fraction of sp³-hybridized carbons (Fsp3) is 0.917. The lowest BCUT2D eigenvalue weighted by molar-refractivity contribution is -0.141. The smallest absolute Gasteiger partial charge is 0.305 e. The number of nitrogens with zero attached hydrogens (tertiary/aromatic N) is 3. The Morgan fingerprint density at radius 2 is 1.70 bits per heavy atom. The van der Waals surface area contributed by atoms with Gasteiger partial charge in [0.25, 0.3) is 0 Å². The normalized spacial score (nSPS) is 24.1. The van der Waals surface area contributed by atoms with E-state index < -0.39 is 0 Å². The SMILES string of the molecule is COC(=O)CCCC(=O)N(CCN1CCCCC1)C[C@@H]1CCCN(C2CCCC2)C1. The number of ether oxygens (including phenoxy) is 1. The predicted molar refractivity (Wildman–Crippen MR) is 119 cm³/mol. The summed E-state index contributed by atoms with van der Waals surface area (Å²) >= 11 is 0. The van der Waals surface area contributed by atoms with E-state index in [1.165, 1.54) is 84.5 Å². The van der Waals surface area contributed by atoms with Crippen molar-refractivity contribution in [3.63, 3.8) is 0 Å². The molecule has 0 N–H and O–H groups in total. The fourth-order valence-corrected chi connectivity index (χ4v) is 5.57.